The molecule has 1 aliphatic rings. The van der Waals surface area contributed by atoms with E-state index in [1.807, 2.05) is 37.2 Å². The number of ether oxygens (including phenoxy) is 1. The zero-order chi connectivity index (χ0) is 17.9. The van der Waals surface area contributed by atoms with Crippen molar-refractivity contribution in [3.8, 4) is 0 Å². The second-order valence-corrected chi connectivity index (χ2v) is 7.03. The van der Waals surface area contributed by atoms with Gasteiger partial charge < -0.3 is 9.64 Å². The van der Waals surface area contributed by atoms with Crippen LogP contribution in [0.1, 0.15) is 12.5 Å². The van der Waals surface area contributed by atoms with Gasteiger partial charge in [-0.25, -0.2) is 0 Å². The van der Waals surface area contributed by atoms with Crippen molar-refractivity contribution in [3.05, 3.63) is 33.1 Å². The highest BCUT2D eigenvalue weighted by Crippen LogP contribution is 2.33. The quantitative estimate of drug-likeness (QED) is 0.546. The molecule has 0 unspecified atom stereocenters. The predicted molar refractivity (Wildman–Crippen MR) is 97.8 cm³/mol. The molecule has 0 aliphatic carbocycles. The van der Waals surface area contributed by atoms with E-state index in [0.717, 1.165) is 32.4 Å². The summed E-state index contributed by atoms with van der Waals surface area (Å²) in [6, 6.07) is 5.65. The SMILES string of the molecule is CCOC(=O)CN1C(=O)S/C(=C\c2ccc(N(C)C)c(Br)c2)C1=O. The van der Waals surface area contributed by atoms with Crippen LogP contribution in [0.5, 0.6) is 0 Å². The Morgan fingerprint density at radius 1 is 1.38 bits per heavy atom. The van der Waals surface area contributed by atoms with Crippen LogP contribution >= 0.6 is 27.7 Å². The van der Waals surface area contributed by atoms with Crippen molar-refractivity contribution in [2.24, 2.45) is 0 Å². The number of rotatable bonds is 5. The lowest BCUT2D eigenvalue weighted by molar-refractivity contribution is -0.145. The van der Waals surface area contributed by atoms with Gasteiger partial charge in [0.2, 0.25) is 0 Å². The molecular weight excluding hydrogens is 396 g/mol. The maximum atomic E-state index is 12.3. The van der Waals surface area contributed by atoms with Crippen molar-refractivity contribution in [1.29, 1.82) is 0 Å². The van der Waals surface area contributed by atoms with Crippen LogP contribution in [0.25, 0.3) is 6.08 Å². The number of amides is 2. The minimum atomic E-state index is -0.598. The van der Waals surface area contributed by atoms with Crippen LogP contribution in [-0.2, 0) is 14.3 Å². The second-order valence-electron chi connectivity index (χ2n) is 5.18. The molecular formula is C16H17BrN2O4S. The molecule has 2 rings (SSSR count). The highest BCUT2D eigenvalue weighted by Gasteiger charge is 2.36. The third-order valence-corrected chi connectivity index (χ3v) is 4.76. The number of hydrogen-bond donors (Lipinski definition) is 0. The third kappa shape index (κ3) is 4.18. The number of hydrogen-bond acceptors (Lipinski definition) is 6. The number of thioether (sulfide) groups is 1. The molecule has 0 spiro atoms. The number of nitrogens with zero attached hydrogens (tertiary/aromatic N) is 2. The molecule has 0 radical (unpaired) electrons. The van der Waals surface area contributed by atoms with Crippen molar-refractivity contribution in [3.63, 3.8) is 0 Å². The Bertz CT molecular complexity index is 718. The molecule has 128 valence electrons. The molecule has 6 nitrogen and oxygen atoms in total. The average molecular weight is 413 g/mol. The summed E-state index contributed by atoms with van der Waals surface area (Å²) in [6.45, 7) is 1.51. The molecule has 2 amide bonds. The Hall–Kier alpha value is -1.80. The Kier molecular flexibility index (Phi) is 6.06. The summed E-state index contributed by atoms with van der Waals surface area (Å²) in [5.74, 6) is -1.08. The summed E-state index contributed by atoms with van der Waals surface area (Å²) in [7, 11) is 3.86. The average Bonchev–Trinajstić information content (AvgIpc) is 2.75. The first-order valence-electron chi connectivity index (χ1n) is 7.21. The molecule has 1 aliphatic heterocycles. The number of imide groups is 1. The van der Waals surface area contributed by atoms with Crippen LogP contribution in [0.15, 0.2) is 27.6 Å². The molecule has 1 aromatic rings. The van der Waals surface area contributed by atoms with Crippen LogP contribution in [0.3, 0.4) is 0 Å². The van der Waals surface area contributed by atoms with E-state index < -0.39 is 17.1 Å². The van der Waals surface area contributed by atoms with E-state index in [1.165, 1.54) is 0 Å². The smallest absolute Gasteiger partial charge is 0.326 e. The third-order valence-electron chi connectivity index (χ3n) is 3.22. The topological polar surface area (TPSA) is 66.9 Å². The van der Waals surface area contributed by atoms with E-state index in [-0.39, 0.29) is 18.1 Å². The molecule has 1 fully saturated rings. The largest absolute Gasteiger partial charge is 0.465 e. The highest BCUT2D eigenvalue weighted by atomic mass is 79.9. The fourth-order valence-corrected chi connectivity index (χ4v) is 3.69. The molecule has 0 saturated carbocycles. The summed E-state index contributed by atoms with van der Waals surface area (Å²) < 4.78 is 5.66. The van der Waals surface area contributed by atoms with Gasteiger partial charge in [0.1, 0.15) is 6.54 Å². The van der Waals surface area contributed by atoms with Gasteiger partial charge in [0.15, 0.2) is 0 Å². The summed E-state index contributed by atoms with van der Waals surface area (Å²) in [4.78, 5) is 38.9. The maximum absolute atomic E-state index is 12.3. The van der Waals surface area contributed by atoms with Crippen LogP contribution in [0.4, 0.5) is 10.5 Å². The van der Waals surface area contributed by atoms with E-state index in [4.69, 9.17) is 4.74 Å². The molecule has 1 heterocycles. The van der Waals surface area contributed by atoms with E-state index >= 15 is 0 Å². The molecule has 8 heteroatoms. The van der Waals surface area contributed by atoms with Gasteiger partial charge in [-0.3, -0.25) is 19.3 Å². The van der Waals surface area contributed by atoms with Gasteiger partial charge in [0.05, 0.1) is 17.2 Å². The van der Waals surface area contributed by atoms with Gasteiger partial charge in [0, 0.05) is 18.6 Å². The summed E-state index contributed by atoms with van der Waals surface area (Å²) >= 11 is 4.30. The van der Waals surface area contributed by atoms with Gasteiger partial charge in [-0.2, -0.15) is 0 Å². The number of anilines is 1. The van der Waals surface area contributed by atoms with Crippen LogP contribution < -0.4 is 4.90 Å². The van der Waals surface area contributed by atoms with Crippen LogP contribution in [-0.4, -0.2) is 49.3 Å². The van der Waals surface area contributed by atoms with Crippen molar-refractivity contribution < 1.29 is 19.1 Å². The Morgan fingerprint density at radius 3 is 2.67 bits per heavy atom. The van der Waals surface area contributed by atoms with E-state index in [2.05, 4.69) is 15.9 Å². The molecule has 0 N–H and O–H groups in total. The first-order chi connectivity index (χ1) is 11.3. The molecule has 24 heavy (non-hydrogen) atoms. The maximum Gasteiger partial charge on any atom is 0.326 e. The van der Waals surface area contributed by atoms with Crippen LogP contribution in [0.2, 0.25) is 0 Å². The van der Waals surface area contributed by atoms with E-state index in [1.54, 1.807) is 13.0 Å². The van der Waals surface area contributed by atoms with Gasteiger partial charge in [-0.05, 0) is 58.4 Å². The number of benzene rings is 1. The monoisotopic (exact) mass is 412 g/mol. The Morgan fingerprint density at radius 2 is 2.08 bits per heavy atom. The van der Waals surface area contributed by atoms with Gasteiger partial charge in [-0.15, -0.1) is 0 Å². The first-order valence-corrected chi connectivity index (χ1v) is 8.82. The zero-order valence-electron chi connectivity index (χ0n) is 13.5. The molecule has 0 aromatic heterocycles. The first kappa shape index (κ1) is 18.5. The molecule has 1 aromatic carbocycles. The van der Waals surface area contributed by atoms with Crippen molar-refractivity contribution >= 4 is 56.6 Å². The Labute approximate surface area is 152 Å². The number of carbonyl (C=O) groups is 3. The molecule has 0 atom stereocenters. The van der Waals surface area contributed by atoms with Gasteiger partial charge >= 0.3 is 5.97 Å². The van der Waals surface area contributed by atoms with E-state index in [0.29, 0.717) is 0 Å². The lowest BCUT2D eigenvalue weighted by atomic mass is 10.2. The normalized spacial score (nSPS) is 16.0. The minimum Gasteiger partial charge on any atom is -0.465 e. The minimum absolute atomic E-state index is 0.206. The number of halogens is 1. The summed E-state index contributed by atoms with van der Waals surface area (Å²) in [5.41, 5.74) is 1.79. The number of esters is 1. The Balaban J connectivity index is 2.19. The van der Waals surface area contributed by atoms with E-state index in [9.17, 15) is 14.4 Å². The summed E-state index contributed by atoms with van der Waals surface area (Å²) in [6.07, 6.45) is 1.64. The zero-order valence-corrected chi connectivity index (χ0v) is 15.9. The van der Waals surface area contributed by atoms with Gasteiger partial charge in [0.25, 0.3) is 11.1 Å². The van der Waals surface area contributed by atoms with Crippen molar-refractivity contribution in [2.45, 2.75) is 6.92 Å². The second kappa shape index (κ2) is 7.85. The fourth-order valence-electron chi connectivity index (χ4n) is 2.10. The molecule has 0 bridgehead atoms. The van der Waals surface area contributed by atoms with Crippen LogP contribution in [0, 0.1) is 0 Å². The lowest BCUT2D eigenvalue weighted by Gasteiger charge is -2.14. The number of carbonyl (C=O) groups excluding carboxylic acids is 3. The lowest BCUT2D eigenvalue weighted by Crippen LogP contribution is -2.34. The fraction of sp³-hybridized carbons (Fsp3) is 0.312. The predicted octanol–water partition coefficient (Wildman–Crippen LogP) is 3.11. The standard InChI is InChI=1S/C16H17BrN2O4S/c1-4-23-14(20)9-19-15(21)13(24-16(19)22)8-10-5-6-12(18(2)3)11(17)7-10/h5-8H,4,9H2,1-3H3/b13-8-. The van der Waals surface area contributed by atoms with Crippen molar-refractivity contribution in [2.75, 3.05) is 32.1 Å². The van der Waals surface area contributed by atoms with Crippen molar-refractivity contribution in [1.82, 2.24) is 4.90 Å². The summed E-state index contributed by atoms with van der Waals surface area (Å²) in [5, 5.41) is -0.469. The van der Waals surface area contributed by atoms with Gasteiger partial charge in [-0.1, -0.05) is 6.07 Å². The molecule has 1 saturated heterocycles. The highest BCUT2D eigenvalue weighted by molar-refractivity contribution is 9.10.